The first-order chi connectivity index (χ1) is 15.6. The molecule has 2 amide bonds. The fraction of sp³-hybridized carbons (Fsp3) is 0.308. The monoisotopic (exact) mass is 428 g/mol. The molecule has 1 aliphatic heterocycles. The van der Waals surface area contributed by atoms with Crippen LogP contribution in [-0.2, 0) is 16.0 Å². The van der Waals surface area contributed by atoms with E-state index in [1.165, 1.54) is 5.56 Å². The summed E-state index contributed by atoms with van der Waals surface area (Å²) < 4.78 is 0. The van der Waals surface area contributed by atoms with Gasteiger partial charge in [0.25, 0.3) is 0 Å². The van der Waals surface area contributed by atoms with Gasteiger partial charge in [-0.25, -0.2) is 0 Å². The molecule has 1 atom stereocenters. The Hall–Kier alpha value is -3.54. The molecule has 1 aromatic heterocycles. The standard InChI is InChI=1S/C26H28N4O2/c1-19-5-2-6-20(15-19)21-7-3-9-23(16-21)29-26(32)22-8-4-14-30(18-22)25(31)11-10-24-17-27-12-13-28-24/h2-3,5-7,9,12-13,15-17,22H,4,8,10-11,14,18H2,1H3,(H,29,32)/t22-/m1/s1. The van der Waals surface area contributed by atoms with E-state index in [0.29, 0.717) is 25.9 Å². The Morgan fingerprint density at radius 3 is 2.69 bits per heavy atom. The predicted molar refractivity (Wildman–Crippen MR) is 125 cm³/mol. The molecule has 3 aromatic rings. The molecule has 1 saturated heterocycles. The number of hydrogen-bond donors (Lipinski definition) is 1. The third-order valence-corrected chi connectivity index (χ3v) is 5.84. The quantitative estimate of drug-likeness (QED) is 0.636. The molecule has 0 spiro atoms. The number of nitrogens with one attached hydrogen (secondary N) is 1. The van der Waals surface area contributed by atoms with Crippen molar-refractivity contribution in [3.05, 3.63) is 78.4 Å². The molecule has 1 fully saturated rings. The van der Waals surface area contributed by atoms with Crippen LogP contribution < -0.4 is 5.32 Å². The number of amides is 2. The number of piperidine rings is 1. The molecular formula is C26H28N4O2. The zero-order valence-corrected chi connectivity index (χ0v) is 18.3. The van der Waals surface area contributed by atoms with E-state index >= 15 is 0 Å². The average molecular weight is 429 g/mol. The van der Waals surface area contributed by atoms with E-state index in [1.54, 1.807) is 18.6 Å². The fourth-order valence-corrected chi connectivity index (χ4v) is 4.12. The molecule has 0 bridgehead atoms. The van der Waals surface area contributed by atoms with Crippen molar-refractivity contribution in [1.29, 1.82) is 0 Å². The summed E-state index contributed by atoms with van der Waals surface area (Å²) in [5.74, 6) is -0.167. The van der Waals surface area contributed by atoms with Crippen molar-refractivity contribution in [1.82, 2.24) is 14.9 Å². The second-order valence-electron chi connectivity index (χ2n) is 8.32. The highest BCUT2D eigenvalue weighted by Gasteiger charge is 2.28. The van der Waals surface area contributed by atoms with E-state index in [2.05, 4.69) is 40.4 Å². The van der Waals surface area contributed by atoms with Crippen molar-refractivity contribution in [2.45, 2.75) is 32.6 Å². The molecule has 2 heterocycles. The van der Waals surface area contributed by atoms with Crippen molar-refractivity contribution >= 4 is 17.5 Å². The van der Waals surface area contributed by atoms with Crippen LogP contribution in [-0.4, -0.2) is 39.8 Å². The van der Waals surface area contributed by atoms with Gasteiger partial charge in [0.1, 0.15) is 0 Å². The summed E-state index contributed by atoms with van der Waals surface area (Å²) >= 11 is 0. The SMILES string of the molecule is Cc1cccc(-c2cccc(NC(=O)[C@@H]3CCCN(C(=O)CCc4cnccn4)C3)c2)c1. The van der Waals surface area contributed by atoms with Crippen molar-refractivity contribution in [3.63, 3.8) is 0 Å². The van der Waals surface area contributed by atoms with E-state index in [9.17, 15) is 9.59 Å². The van der Waals surface area contributed by atoms with Crippen LogP contribution in [0.3, 0.4) is 0 Å². The summed E-state index contributed by atoms with van der Waals surface area (Å²) in [6.07, 6.45) is 7.50. The summed E-state index contributed by atoms with van der Waals surface area (Å²) in [4.78, 5) is 35.7. The topological polar surface area (TPSA) is 75.2 Å². The summed E-state index contributed by atoms with van der Waals surface area (Å²) in [5.41, 5.74) is 4.97. The van der Waals surface area contributed by atoms with Crippen LogP contribution >= 0.6 is 0 Å². The van der Waals surface area contributed by atoms with Gasteiger partial charge in [-0.2, -0.15) is 0 Å². The Morgan fingerprint density at radius 2 is 1.91 bits per heavy atom. The lowest BCUT2D eigenvalue weighted by Crippen LogP contribution is -2.43. The molecule has 0 radical (unpaired) electrons. The molecule has 1 aliphatic rings. The van der Waals surface area contributed by atoms with E-state index in [4.69, 9.17) is 0 Å². The van der Waals surface area contributed by atoms with E-state index in [1.807, 2.05) is 35.2 Å². The Kier molecular flexibility index (Phi) is 6.90. The number of carbonyl (C=O) groups excluding carboxylic acids is 2. The van der Waals surface area contributed by atoms with Crippen LogP contribution in [0.25, 0.3) is 11.1 Å². The van der Waals surface area contributed by atoms with Gasteiger partial charge < -0.3 is 10.2 Å². The Balaban J connectivity index is 1.35. The highest BCUT2D eigenvalue weighted by molar-refractivity contribution is 5.94. The van der Waals surface area contributed by atoms with Gasteiger partial charge in [-0.05, 0) is 49.4 Å². The predicted octanol–water partition coefficient (Wildman–Crippen LogP) is 4.26. The molecule has 4 rings (SSSR count). The molecular weight excluding hydrogens is 400 g/mol. The Bertz CT molecular complexity index is 1080. The van der Waals surface area contributed by atoms with E-state index < -0.39 is 0 Å². The third kappa shape index (κ3) is 5.58. The van der Waals surface area contributed by atoms with Crippen molar-refractivity contribution in [2.75, 3.05) is 18.4 Å². The highest BCUT2D eigenvalue weighted by Crippen LogP contribution is 2.25. The Morgan fingerprint density at radius 1 is 1.09 bits per heavy atom. The summed E-state index contributed by atoms with van der Waals surface area (Å²) in [7, 11) is 0. The number of aryl methyl sites for hydroxylation is 2. The zero-order valence-electron chi connectivity index (χ0n) is 18.3. The van der Waals surface area contributed by atoms with Crippen molar-refractivity contribution in [3.8, 4) is 11.1 Å². The molecule has 6 nitrogen and oxygen atoms in total. The third-order valence-electron chi connectivity index (χ3n) is 5.84. The van der Waals surface area contributed by atoms with Gasteiger partial charge in [0.05, 0.1) is 11.6 Å². The summed E-state index contributed by atoms with van der Waals surface area (Å²) in [6.45, 7) is 3.23. The molecule has 0 unspecified atom stereocenters. The van der Waals surface area contributed by atoms with Crippen LogP contribution in [0.2, 0.25) is 0 Å². The normalized spacial score (nSPS) is 15.9. The zero-order chi connectivity index (χ0) is 22.3. The van der Waals surface area contributed by atoms with Gasteiger partial charge in [-0.1, -0.05) is 42.0 Å². The summed E-state index contributed by atoms with van der Waals surface area (Å²) in [5, 5.41) is 3.06. The van der Waals surface area contributed by atoms with E-state index in [-0.39, 0.29) is 17.7 Å². The van der Waals surface area contributed by atoms with Gasteiger partial charge in [-0.3, -0.25) is 19.6 Å². The average Bonchev–Trinajstić information content (AvgIpc) is 2.83. The largest absolute Gasteiger partial charge is 0.342 e. The molecule has 2 aromatic carbocycles. The van der Waals surface area contributed by atoms with Gasteiger partial charge in [-0.15, -0.1) is 0 Å². The maximum atomic E-state index is 12.9. The van der Waals surface area contributed by atoms with Gasteiger partial charge in [0.15, 0.2) is 0 Å². The Labute approximate surface area is 188 Å². The second-order valence-corrected chi connectivity index (χ2v) is 8.32. The number of carbonyl (C=O) groups is 2. The fourth-order valence-electron chi connectivity index (χ4n) is 4.12. The van der Waals surface area contributed by atoms with Gasteiger partial charge in [0.2, 0.25) is 11.8 Å². The van der Waals surface area contributed by atoms with Crippen LogP contribution in [0.4, 0.5) is 5.69 Å². The van der Waals surface area contributed by atoms with Gasteiger partial charge in [0, 0.05) is 43.8 Å². The number of benzene rings is 2. The highest BCUT2D eigenvalue weighted by atomic mass is 16.2. The maximum absolute atomic E-state index is 12.9. The van der Waals surface area contributed by atoms with Crippen molar-refractivity contribution < 1.29 is 9.59 Å². The number of aromatic nitrogens is 2. The second kappa shape index (κ2) is 10.2. The molecule has 1 N–H and O–H groups in total. The number of rotatable bonds is 6. The summed E-state index contributed by atoms with van der Waals surface area (Å²) in [6, 6.07) is 16.2. The smallest absolute Gasteiger partial charge is 0.229 e. The first-order valence-electron chi connectivity index (χ1n) is 11.1. The van der Waals surface area contributed by atoms with Crippen LogP contribution in [0.15, 0.2) is 67.1 Å². The van der Waals surface area contributed by atoms with Crippen molar-refractivity contribution in [2.24, 2.45) is 5.92 Å². The lowest BCUT2D eigenvalue weighted by atomic mass is 9.96. The first kappa shape index (κ1) is 21.7. The molecule has 32 heavy (non-hydrogen) atoms. The molecule has 6 heteroatoms. The number of hydrogen-bond acceptors (Lipinski definition) is 4. The van der Waals surface area contributed by atoms with Crippen LogP contribution in [0, 0.1) is 12.8 Å². The number of nitrogens with zero attached hydrogens (tertiary/aromatic N) is 3. The lowest BCUT2D eigenvalue weighted by Gasteiger charge is -2.32. The van der Waals surface area contributed by atoms with Crippen LogP contribution in [0.5, 0.6) is 0 Å². The van der Waals surface area contributed by atoms with Crippen LogP contribution in [0.1, 0.15) is 30.5 Å². The van der Waals surface area contributed by atoms with E-state index in [0.717, 1.165) is 35.3 Å². The minimum Gasteiger partial charge on any atom is -0.342 e. The lowest BCUT2D eigenvalue weighted by molar-refractivity contribution is -0.134. The molecule has 0 aliphatic carbocycles. The molecule has 164 valence electrons. The molecule has 0 saturated carbocycles. The van der Waals surface area contributed by atoms with Gasteiger partial charge >= 0.3 is 0 Å². The first-order valence-corrected chi connectivity index (χ1v) is 11.1. The minimum absolute atomic E-state index is 0.0298. The maximum Gasteiger partial charge on any atom is 0.229 e. The number of likely N-dealkylation sites (tertiary alicyclic amines) is 1. The minimum atomic E-state index is -0.202. The number of anilines is 1.